The van der Waals surface area contributed by atoms with Gasteiger partial charge in [-0.25, -0.2) is 0 Å². The Morgan fingerprint density at radius 3 is 3.00 bits per heavy atom. The minimum atomic E-state index is 0.0927. The number of aromatic nitrogens is 1. The minimum absolute atomic E-state index is 0.0927. The second-order valence-electron chi connectivity index (χ2n) is 3.98. The molecule has 0 spiro atoms. The molecule has 3 nitrogen and oxygen atoms in total. The first-order valence-corrected chi connectivity index (χ1v) is 6.36. The second kappa shape index (κ2) is 5.55. The first-order chi connectivity index (χ1) is 7.83. The van der Waals surface area contributed by atoms with Crippen LogP contribution in [0.4, 0.5) is 0 Å². The fourth-order valence-corrected chi connectivity index (χ4v) is 2.33. The Kier molecular flexibility index (Phi) is 4.07. The summed E-state index contributed by atoms with van der Waals surface area (Å²) in [6, 6.07) is 3.64. The molecule has 1 aromatic heterocycles. The standard InChI is InChI=1S/C12H17NO2S/c14-12-5-4-10-2-1-3-11(10)13(12)6-7-15-8-9-16/h4-5,16H,1-3,6-9H2. The molecule has 0 bridgehead atoms. The molecule has 1 heterocycles. The third kappa shape index (κ3) is 2.50. The monoisotopic (exact) mass is 239 g/mol. The highest BCUT2D eigenvalue weighted by atomic mass is 32.1. The molecule has 4 heteroatoms. The van der Waals surface area contributed by atoms with E-state index in [0.717, 1.165) is 25.0 Å². The van der Waals surface area contributed by atoms with Gasteiger partial charge in [0.15, 0.2) is 0 Å². The summed E-state index contributed by atoms with van der Waals surface area (Å²) >= 11 is 4.07. The Hall–Kier alpha value is -0.740. The van der Waals surface area contributed by atoms with Gasteiger partial charge in [-0.05, 0) is 24.8 Å². The van der Waals surface area contributed by atoms with Gasteiger partial charge in [-0.1, -0.05) is 6.07 Å². The smallest absolute Gasteiger partial charge is 0.250 e. The second-order valence-corrected chi connectivity index (χ2v) is 4.43. The molecule has 0 N–H and O–H groups in total. The van der Waals surface area contributed by atoms with E-state index >= 15 is 0 Å². The Morgan fingerprint density at radius 2 is 2.19 bits per heavy atom. The Balaban J connectivity index is 2.08. The summed E-state index contributed by atoms with van der Waals surface area (Å²) in [5.41, 5.74) is 2.63. The first kappa shape index (κ1) is 11.7. The number of fused-ring (bicyclic) bond motifs is 1. The van der Waals surface area contributed by atoms with Crippen molar-refractivity contribution in [2.24, 2.45) is 0 Å². The highest BCUT2D eigenvalue weighted by Crippen LogP contribution is 2.19. The van der Waals surface area contributed by atoms with Crippen LogP contribution in [0.25, 0.3) is 0 Å². The summed E-state index contributed by atoms with van der Waals surface area (Å²) in [5, 5.41) is 0. The van der Waals surface area contributed by atoms with Gasteiger partial charge in [0.05, 0.1) is 13.2 Å². The maximum atomic E-state index is 11.7. The van der Waals surface area contributed by atoms with Crippen LogP contribution in [0.15, 0.2) is 16.9 Å². The molecule has 1 aliphatic rings. The van der Waals surface area contributed by atoms with Gasteiger partial charge < -0.3 is 9.30 Å². The average Bonchev–Trinajstić information content (AvgIpc) is 2.75. The predicted molar refractivity (Wildman–Crippen MR) is 67.4 cm³/mol. The van der Waals surface area contributed by atoms with E-state index in [4.69, 9.17) is 4.74 Å². The minimum Gasteiger partial charge on any atom is -0.379 e. The van der Waals surface area contributed by atoms with Gasteiger partial charge in [-0.15, -0.1) is 0 Å². The summed E-state index contributed by atoms with van der Waals surface area (Å²) in [7, 11) is 0. The van der Waals surface area contributed by atoms with Crippen molar-refractivity contribution in [1.29, 1.82) is 0 Å². The van der Waals surface area contributed by atoms with Crippen LogP contribution in [0.5, 0.6) is 0 Å². The number of hydrogen-bond acceptors (Lipinski definition) is 3. The zero-order valence-electron chi connectivity index (χ0n) is 9.32. The average molecular weight is 239 g/mol. The van der Waals surface area contributed by atoms with Gasteiger partial charge in [0, 0.05) is 24.1 Å². The van der Waals surface area contributed by atoms with Gasteiger partial charge in [-0.2, -0.15) is 12.6 Å². The Morgan fingerprint density at radius 1 is 1.31 bits per heavy atom. The van der Waals surface area contributed by atoms with Crippen molar-refractivity contribution in [2.45, 2.75) is 25.8 Å². The molecule has 0 saturated carbocycles. The largest absolute Gasteiger partial charge is 0.379 e. The molecule has 1 aromatic rings. The van der Waals surface area contributed by atoms with Crippen molar-refractivity contribution in [1.82, 2.24) is 4.57 Å². The molecular formula is C12H17NO2S. The van der Waals surface area contributed by atoms with Crippen LogP contribution in [0.2, 0.25) is 0 Å². The van der Waals surface area contributed by atoms with E-state index < -0.39 is 0 Å². The SMILES string of the molecule is O=c1ccc2c(n1CCOCCS)CCC2. The zero-order valence-corrected chi connectivity index (χ0v) is 10.2. The fraction of sp³-hybridized carbons (Fsp3) is 0.583. The van der Waals surface area contributed by atoms with E-state index in [1.807, 2.05) is 10.6 Å². The van der Waals surface area contributed by atoms with Crippen molar-refractivity contribution in [3.8, 4) is 0 Å². The lowest BCUT2D eigenvalue weighted by molar-refractivity contribution is 0.140. The zero-order chi connectivity index (χ0) is 11.4. The summed E-state index contributed by atoms with van der Waals surface area (Å²) < 4.78 is 7.23. The molecule has 0 fully saturated rings. The van der Waals surface area contributed by atoms with Crippen molar-refractivity contribution >= 4 is 12.6 Å². The number of ether oxygens (including phenoxy) is 1. The van der Waals surface area contributed by atoms with Crippen molar-refractivity contribution < 1.29 is 4.74 Å². The van der Waals surface area contributed by atoms with E-state index in [9.17, 15) is 4.79 Å². The summed E-state index contributed by atoms with van der Waals surface area (Å²) in [6.45, 7) is 1.90. The number of thiol groups is 1. The molecule has 2 rings (SSSR count). The van der Waals surface area contributed by atoms with Gasteiger partial charge in [0.25, 0.3) is 5.56 Å². The summed E-state index contributed by atoms with van der Waals surface area (Å²) in [5.74, 6) is 0.724. The normalized spacial score (nSPS) is 14.1. The van der Waals surface area contributed by atoms with Crippen LogP contribution >= 0.6 is 12.6 Å². The quantitative estimate of drug-likeness (QED) is 0.620. The summed E-state index contributed by atoms with van der Waals surface area (Å²) in [4.78, 5) is 11.7. The Bertz CT molecular complexity index is 414. The maximum absolute atomic E-state index is 11.7. The van der Waals surface area contributed by atoms with Crippen molar-refractivity contribution in [3.63, 3.8) is 0 Å². The number of rotatable bonds is 5. The molecule has 16 heavy (non-hydrogen) atoms. The van der Waals surface area contributed by atoms with E-state index in [0.29, 0.717) is 19.8 Å². The van der Waals surface area contributed by atoms with Crippen LogP contribution < -0.4 is 5.56 Å². The van der Waals surface area contributed by atoms with Crippen LogP contribution in [0, 0.1) is 0 Å². The van der Waals surface area contributed by atoms with Crippen LogP contribution in [0.3, 0.4) is 0 Å². The van der Waals surface area contributed by atoms with E-state index in [-0.39, 0.29) is 5.56 Å². The van der Waals surface area contributed by atoms with Crippen LogP contribution in [0.1, 0.15) is 17.7 Å². The number of nitrogens with zero attached hydrogens (tertiary/aromatic N) is 1. The first-order valence-electron chi connectivity index (χ1n) is 5.73. The van der Waals surface area contributed by atoms with Gasteiger partial charge in [0.1, 0.15) is 0 Å². The molecule has 0 radical (unpaired) electrons. The molecule has 0 saturated heterocycles. The summed E-state index contributed by atoms with van der Waals surface area (Å²) in [6.07, 6.45) is 3.29. The highest BCUT2D eigenvalue weighted by Gasteiger charge is 2.15. The molecule has 88 valence electrons. The molecule has 0 aromatic carbocycles. The lowest BCUT2D eigenvalue weighted by atomic mass is 10.2. The maximum Gasteiger partial charge on any atom is 0.250 e. The Labute approximate surface area is 101 Å². The molecule has 0 atom stereocenters. The predicted octanol–water partition coefficient (Wildman–Crippen LogP) is 1.28. The molecular weight excluding hydrogens is 222 g/mol. The van der Waals surface area contributed by atoms with Gasteiger partial charge in [-0.3, -0.25) is 4.79 Å². The number of aryl methyl sites for hydroxylation is 1. The topological polar surface area (TPSA) is 31.2 Å². The molecule has 0 unspecified atom stereocenters. The highest BCUT2D eigenvalue weighted by molar-refractivity contribution is 7.80. The van der Waals surface area contributed by atoms with Gasteiger partial charge in [0.2, 0.25) is 0 Å². The molecule has 1 aliphatic carbocycles. The van der Waals surface area contributed by atoms with E-state index in [1.54, 1.807) is 6.07 Å². The van der Waals surface area contributed by atoms with Crippen LogP contribution in [-0.2, 0) is 24.1 Å². The number of pyridine rings is 1. The lowest BCUT2D eigenvalue weighted by Gasteiger charge is -2.11. The van der Waals surface area contributed by atoms with Gasteiger partial charge >= 0.3 is 0 Å². The third-order valence-electron chi connectivity index (χ3n) is 2.94. The third-order valence-corrected chi connectivity index (χ3v) is 3.13. The van der Waals surface area contributed by atoms with E-state index in [1.165, 1.54) is 11.3 Å². The van der Waals surface area contributed by atoms with Crippen molar-refractivity contribution in [2.75, 3.05) is 19.0 Å². The van der Waals surface area contributed by atoms with Crippen molar-refractivity contribution in [3.05, 3.63) is 33.7 Å². The lowest BCUT2D eigenvalue weighted by Crippen LogP contribution is -2.25. The molecule has 0 aliphatic heterocycles. The van der Waals surface area contributed by atoms with E-state index in [2.05, 4.69) is 12.6 Å². The van der Waals surface area contributed by atoms with Crippen LogP contribution in [-0.4, -0.2) is 23.5 Å². The fourth-order valence-electron chi connectivity index (χ4n) is 2.20. The molecule has 0 amide bonds. The number of hydrogen-bond donors (Lipinski definition) is 1.